The zero-order valence-electron chi connectivity index (χ0n) is 17.7. The van der Waals surface area contributed by atoms with Gasteiger partial charge in [0.2, 0.25) is 0 Å². The maximum atomic E-state index is 12.9. The molecule has 0 heterocycles. The van der Waals surface area contributed by atoms with E-state index in [0.29, 0.717) is 0 Å². The minimum Gasteiger partial charge on any atom is -0.453 e. The first-order chi connectivity index (χ1) is 15.5. The fourth-order valence-electron chi connectivity index (χ4n) is 2.45. The molecule has 0 aliphatic carbocycles. The monoisotopic (exact) mass is 693 g/mol. The summed E-state index contributed by atoms with van der Waals surface area (Å²) in [7, 11) is 0. The van der Waals surface area contributed by atoms with Crippen molar-refractivity contribution in [1.29, 1.82) is 0 Å². The van der Waals surface area contributed by atoms with E-state index in [9.17, 15) is 39.6 Å². The van der Waals surface area contributed by atoms with Gasteiger partial charge in [-0.2, -0.15) is 0 Å². The summed E-state index contributed by atoms with van der Waals surface area (Å²) in [6.07, 6.45) is -1.16. The molecule has 1 aromatic carbocycles. The van der Waals surface area contributed by atoms with E-state index in [4.69, 9.17) is 4.74 Å². The Morgan fingerprint density at radius 3 is 1.85 bits per heavy atom. The number of amides is 3. The largest absolute Gasteiger partial charge is 0.453 e. The summed E-state index contributed by atoms with van der Waals surface area (Å²) in [5.41, 5.74) is -0.00630. The summed E-state index contributed by atoms with van der Waals surface area (Å²) in [5.74, 6) is -2.85. The van der Waals surface area contributed by atoms with E-state index in [1.54, 1.807) is 45.2 Å². The first-order valence-electron chi connectivity index (χ1n) is 9.55. The Balaban J connectivity index is 3.51. The predicted molar refractivity (Wildman–Crippen MR) is 133 cm³/mol. The number of carbonyl (C=O) groups excluding carboxylic acids is 4. The van der Waals surface area contributed by atoms with Gasteiger partial charge >= 0.3 is 5.97 Å². The van der Waals surface area contributed by atoms with Gasteiger partial charge in [-0.25, -0.2) is 0 Å². The lowest BCUT2D eigenvalue weighted by molar-refractivity contribution is -0.150. The molecular weight excluding hydrogens is 668 g/mol. The zero-order chi connectivity index (χ0) is 25.3. The number of ether oxygens (including phenoxy) is 1. The highest BCUT2D eigenvalue weighted by Crippen LogP contribution is 2.31. The second-order valence-corrected chi connectivity index (χ2v) is 8.94. The molecule has 0 saturated heterocycles. The quantitative estimate of drug-likeness (QED) is 0.112. The number of aliphatic hydroxyl groups is 4. The van der Waals surface area contributed by atoms with E-state index < -0.39 is 68.3 Å². The van der Waals surface area contributed by atoms with Gasteiger partial charge < -0.3 is 41.1 Å². The minimum atomic E-state index is -1.16. The summed E-state index contributed by atoms with van der Waals surface area (Å²) in [6, 6.07) is -0.619. The van der Waals surface area contributed by atoms with Gasteiger partial charge in [-0.3, -0.25) is 19.2 Å². The molecule has 0 aliphatic rings. The molecule has 1 unspecified atom stereocenters. The molecule has 1 aromatic rings. The highest BCUT2D eigenvalue weighted by Gasteiger charge is 2.27. The van der Waals surface area contributed by atoms with Crippen molar-refractivity contribution in [3.63, 3.8) is 0 Å². The second kappa shape index (κ2) is 14.0. The molecule has 0 fully saturated rings. The Labute approximate surface area is 216 Å². The van der Waals surface area contributed by atoms with Crippen molar-refractivity contribution < 1.29 is 44.3 Å². The van der Waals surface area contributed by atoms with Crippen LogP contribution in [0, 0.1) is 7.14 Å². The van der Waals surface area contributed by atoms with E-state index in [2.05, 4.69) is 16.0 Å². The van der Waals surface area contributed by atoms with Gasteiger partial charge in [0.05, 0.1) is 58.9 Å². The van der Waals surface area contributed by atoms with Crippen LogP contribution < -0.4 is 16.0 Å². The summed E-state index contributed by atoms with van der Waals surface area (Å²) < 4.78 is 5.27. The molecule has 12 nitrogen and oxygen atoms in total. The average molecular weight is 693 g/mol. The molecule has 7 N–H and O–H groups in total. The van der Waals surface area contributed by atoms with E-state index in [1.165, 1.54) is 13.0 Å². The van der Waals surface area contributed by atoms with Crippen molar-refractivity contribution >= 4 is 74.6 Å². The van der Waals surface area contributed by atoms with Crippen LogP contribution in [0.4, 0.5) is 5.69 Å². The van der Waals surface area contributed by atoms with Crippen molar-refractivity contribution in [2.45, 2.75) is 32.0 Å². The number of halogens is 2. The molecule has 3 amide bonds. The summed E-state index contributed by atoms with van der Waals surface area (Å²) in [6.45, 7) is 0.351. The first-order valence-corrected chi connectivity index (χ1v) is 11.7. The molecule has 1 atom stereocenters. The normalized spacial score (nSPS) is 11.8. The van der Waals surface area contributed by atoms with Crippen LogP contribution in [0.5, 0.6) is 0 Å². The standard InChI is InChI=1S/C19H25I2N3O9/c1-8(33-9(2)29)17(30)24-13-3-12(18(31)22-10(4-25)5-26)15(20)14(16(13)21)19(32)23-11(6-27)7-28/h3,8,10-11,25-28H,4-7H2,1-2H3,(H,22,31)(H,23,32)(H,24,30). The van der Waals surface area contributed by atoms with Gasteiger partial charge in [-0.1, -0.05) is 0 Å². The third-order valence-electron chi connectivity index (χ3n) is 4.19. The van der Waals surface area contributed by atoms with Crippen molar-refractivity contribution in [3.8, 4) is 0 Å². The summed E-state index contributed by atoms with van der Waals surface area (Å²) >= 11 is 3.55. The Hall–Kier alpha value is -1.60. The smallest absolute Gasteiger partial charge is 0.303 e. The van der Waals surface area contributed by atoms with Crippen LogP contribution in [0.15, 0.2) is 6.07 Å². The number of carbonyl (C=O) groups is 4. The third-order valence-corrected chi connectivity index (χ3v) is 6.44. The lowest BCUT2D eigenvalue weighted by Crippen LogP contribution is -2.42. The van der Waals surface area contributed by atoms with Crippen LogP contribution >= 0.6 is 45.2 Å². The maximum absolute atomic E-state index is 12.9. The van der Waals surface area contributed by atoms with Crippen LogP contribution in [0.1, 0.15) is 34.6 Å². The van der Waals surface area contributed by atoms with Gasteiger partial charge in [0.15, 0.2) is 6.10 Å². The number of hydrogen-bond acceptors (Lipinski definition) is 9. The molecule has 184 valence electrons. The molecule has 0 aliphatic heterocycles. The molecule has 0 bridgehead atoms. The number of rotatable bonds is 11. The van der Waals surface area contributed by atoms with E-state index >= 15 is 0 Å². The fourth-order valence-corrected chi connectivity index (χ4v) is 4.68. The first kappa shape index (κ1) is 29.4. The molecule has 0 spiro atoms. The average Bonchev–Trinajstić information content (AvgIpc) is 2.76. The van der Waals surface area contributed by atoms with Gasteiger partial charge in [0, 0.05) is 10.5 Å². The molecular formula is C19H25I2N3O9. The molecule has 0 aromatic heterocycles. The highest BCUT2D eigenvalue weighted by atomic mass is 127. The predicted octanol–water partition coefficient (Wildman–Crippen LogP) is -1.05. The summed E-state index contributed by atoms with van der Waals surface area (Å²) in [5, 5.41) is 44.4. The van der Waals surface area contributed by atoms with Crippen molar-refractivity contribution in [2.75, 3.05) is 31.7 Å². The summed E-state index contributed by atoms with van der Waals surface area (Å²) in [4.78, 5) is 49.3. The Morgan fingerprint density at radius 1 is 0.909 bits per heavy atom. The van der Waals surface area contributed by atoms with Crippen LogP contribution in [-0.2, 0) is 14.3 Å². The van der Waals surface area contributed by atoms with Gasteiger partial charge in [-0.15, -0.1) is 0 Å². The molecule has 33 heavy (non-hydrogen) atoms. The Morgan fingerprint density at radius 2 is 1.39 bits per heavy atom. The number of hydrogen-bond donors (Lipinski definition) is 7. The highest BCUT2D eigenvalue weighted by molar-refractivity contribution is 14.1. The zero-order valence-corrected chi connectivity index (χ0v) is 22.0. The Kier molecular flexibility index (Phi) is 12.4. The third kappa shape index (κ3) is 8.29. The SMILES string of the molecule is CC(=O)OC(C)C(=O)Nc1cc(C(=O)NC(CO)CO)c(I)c(C(=O)NC(CO)CO)c1I. The lowest BCUT2D eigenvalue weighted by Gasteiger charge is -2.21. The van der Waals surface area contributed by atoms with E-state index in [1.807, 2.05) is 0 Å². The molecule has 14 heteroatoms. The van der Waals surface area contributed by atoms with Crippen molar-refractivity contribution in [2.24, 2.45) is 0 Å². The van der Waals surface area contributed by atoms with Gasteiger partial charge in [-0.05, 0) is 58.2 Å². The van der Waals surface area contributed by atoms with Crippen molar-refractivity contribution in [3.05, 3.63) is 24.3 Å². The number of aliphatic hydroxyl groups excluding tert-OH is 4. The Bertz CT molecular complexity index is 890. The van der Waals surface area contributed by atoms with Gasteiger partial charge in [0.25, 0.3) is 17.7 Å². The van der Waals surface area contributed by atoms with Crippen LogP contribution in [0.3, 0.4) is 0 Å². The second-order valence-electron chi connectivity index (χ2n) is 6.79. The molecule has 0 saturated carbocycles. The van der Waals surface area contributed by atoms with Crippen LogP contribution in [0.2, 0.25) is 0 Å². The topological polar surface area (TPSA) is 195 Å². The van der Waals surface area contributed by atoms with Crippen LogP contribution in [-0.4, -0.2) is 88.7 Å². The molecule has 0 radical (unpaired) electrons. The minimum absolute atomic E-state index is 0.0178. The number of nitrogens with one attached hydrogen (secondary N) is 3. The van der Waals surface area contributed by atoms with Gasteiger partial charge in [0.1, 0.15) is 0 Å². The van der Waals surface area contributed by atoms with Crippen molar-refractivity contribution in [1.82, 2.24) is 10.6 Å². The fraction of sp³-hybridized carbons (Fsp3) is 0.474. The lowest BCUT2D eigenvalue weighted by atomic mass is 10.1. The van der Waals surface area contributed by atoms with Crippen LogP contribution in [0.25, 0.3) is 0 Å². The number of anilines is 1. The molecule has 1 rings (SSSR count). The number of benzene rings is 1. The maximum Gasteiger partial charge on any atom is 0.303 e. The van der Waals surface area contributed by atoms with E-state index in [0.717, 1.165) is 6.92 Å². The van der Waals surface area contributed by atoms with E-state index in [-0.39, 0.29) is 24.0 Å². The number of esters is 1.